The molecule has 0 radical (unpaired) electrons. The molecular formula is C10H15NO4S. The second kappa shape index (κ2) is 4.71. The van der Waals surface area contributed by atoms with Gasteiger partial charge in [-0.25, -0.2) is 13.1 Å². The van der Waals surface area contributed by atoms with E-state index in [1.807, 2.05) is 0 Å². The van der Waals surface area contributed by atoms with Crippen molar-refractivity contribution in [3.63, 3.8) is 0 Å². The first kappa shape index (κ1) is 12.8. The SMILES string of the molecule is Cc1cc(O)c(O)cc1CCNS(C)(=O)=O. The molecule has 0 saturated heterocycles. The van der Waals surface area contributed by atoms with Crippen LogP contribution in [0.5, 0.6) is 11.5 Å². The van der Waals surface area contributed by atoms with Gasteiger partial charge in [0.2, 0.25) is 10.0 Å². The zero-order valence-corrected chi connectivity index (χ0v) is 10.0. The molecule has 3 N–H and O–H groups in total. The monoisotopic (exact) mass is 245 g/mol. The Bertz CT molecular complexity index is 482. The largest absolute Gasteiger partial charge is 0.504 e. The molecular weight excluding hydrogens is 230 g/mol. The Morgan fingerprint density at radius 3 is 2.38 bits per heavy atom. The third kappa shape index (κ3) is 3.71. The average Bonchev–Trinajstić information content (AvgIpc) is 2.11. The summed E-state index contributed by atoms with van der Waals surface area (Å²) < 4.78 is 24.0. The summed E-state index contributed by atoms with van der Waals surface area (Å²) in [5.74, 6) is -0.364. The second-order valence-electron chi connectivity index (χ2n) is 3.68. The van der Waals surface area contributed by atoms with Gasteiger partial charge in [-0.05, 0) is 36.6 Å². The van der Waals surface area contributed by atoms with Crippen molar-refractivity contribution in [1.29, 1.82) is 0 Å². The first-order valence-corrected chi connectivity index (χ1v) is 6.65. The zero-order chi connectivity index (χ0) is 12.3. The number of rotatable bonds is 4. The van der Waals surface area contributed by atoms with Crippen LogP contribution in [0.1, 0.15) is 11.1 Å². The molecule has 0 aliphatic heterocycles. The number of nitrogens with one attached hydrogen (secondary N) is 1. The molecule has 0 fully saturated rings. The van der Waals surface area contributed by atoms with Gasteiger partial charge in [-0.15, -0.1) is 0 Å². The molecule has 0 aromatic heterocycles. The first-order valence-electron chi connectivity index (χ1n) is 4.75. The average molecular weight is 245 g/mol. The van der Waals surface area contributed by atoms with Crippen LogP contribution in [0.4, 0.5) is 0 Å². The fourth-order valence-corrected chi connectivity index (χ4v) is 1.84. The molecule has 0 heterocycles. The molecule has 0 aliphatic rings. The van der Waals surface area contributed by atoms with Gasteiger partial charge in [0, 0.05) is 6.54 Å². The predicted molar refractivity (Wildman–Crippen MR) is 61.1 cm³/mol. The van der Waals surface area contributed by atoms with E-state index in [0.717, 1.165) is 17.4 Å². The maximum atomic E-state index is 10.8. The molecule has 0 unspecified atom stereocenters. The molecule has 0 spiro atoms. The van der Waals surface area contributed by atoms with Crippen LogP contribution >= 0.6 is 0 Å². The summed E-state index contributed by atoms with van der Waals surface area (Å²) in [7, 11) is -3.19. The standard InChI is InChI=1S/C10H15NO4S/c1-7-5-9(12)10(13)6-8(7)3-4-11-16(2,14)15/h5-6,11-13H,3-4H2,1-2H3. The lowest BCUT2D eigenvalue weighted by Gasteiger charge is -2.08. The minimum absolute atomic E-state index is 0.169. The smallest absolute Gasteiger partial charge is 0.208 e. The third-order valence-electron chi connectivity index (χ3n) is 2.19. The lowest BCUT2D eigenvalue weighted by atomic mass is 10.1. The first-order chi connectivity index (χ1) is 7.29. The highest BCUT2D eigenvalue weighted by molar-refractivity contribution is 7.88. The number of hydrogen-bond acceptors (Lipinski definition) is 4. The molecule has 0 bridgehead atoms. The van der Waals surface area contributed by atoms with Gasteiger partial charge >= 0.3 is 0 Å². The molecule has 0 amide bonds. The van der Waals surface area contributed by atoms with Crippen LogP contribution < -0.4 is 4.72 Å². The van der Waals surface area contributed by atoms with E-state index < -0.39 is 10.0 Å². The van der Waals surface area contributed by atoms with E-state index in [9.17, 15) is 18.6 Å². The van der Waals surface area contributed by atoms with Crippen molar-refractivity contribution in [3.8, 4) is 11.5 Å². The Morgan fingerprint density at radius 2 is 1.81 bits per heavy atom. The van der Waals surface area contributed by atoms with E-state index in [-0.39, 0.29) is 18.0 Å². The third-order valence-corrected chi connectivity index (χ3v) is 2.92. The maximum absolute atomic E-state index is 10.8. The van der Waals surface area contributed by atoms with E-state index in [4.69, 9.17) is 0 Å². The lowest BCUT2D eigenvalue weighted by Crippen LogP contribution is -2.24. The molecule has 1 rings (SSSR count). The zero-order valence-electron chi connectivity index (χ0n) is 9.19. The molecule has 16 heavy (non-hydrogen) atoms. The van der Waals surface area contributed by atoms with E-state index >= 15 is 0 Å². The van der Waals surface area contributed by atoms with E-state index in [1.165, 1.54) is 12.1 Å². The van der Waals surface area contributed by atoms with Gasteiger partial charge in [0.15, 0.2) is 11.5 Å². The summed E-state index contributed by atoms with van der Waals surface area (Å²) >= 11 is 0. The Labute approximate surface area is 94.8 Å². The highest BCUT2D eigenvalue weighted by Gasteiger charge is 2.06. The number of hydrogen-bond donors (Lipinski definition) is 3. The number of phenolic OH excluding ortho intramolecular Hbond substituents is 2. The molecule has 6 heteroatoms. The Balaban J connectivity index is 2.71. The maximum Gasteiger partial charge on any atom is 0.208 e. The van der Waals surface area contributed by atoms with Gasteiger partial charge in [-0.2, -0.15) is 0 Å². The predicted octanol–water partition coefficient (Wildman–Crippen LogP) is 0.498. The van der Waals surface area contributed by atoms with Crippen LogP contribution in [0.25, 0.3) is 0 Å². The Hall–Kier alpha value is -1.27. The van der Waals surface area contributed by atoms with Gasteiger partial charge in [-0.1, -0.05) is 0 Å². The number of benzene rings is 1. The molecule has 0 aliphatic carbocycles. The van der Waals surface area contributed by atoms with E-state index in [1.54, 1.807) is 6.92 Å². The topological polar surface area (TPSA) is 86.6 Å². The van der Waals surface area contributed by atoms with Gasteiger partial charge in [0.25, 0.3) is 0 Å². The van der Waals surface area contributed by atoms with Gasteiger partial charge < -0.3 is 10.2 Å². The Kier molecular flexibility index (Phi) is 3.77. The minimum Gasteiger partial charge on any atom is -0.504 e. The van der Waals surface area contributed by atoms with Gasteiger partial charge in [-0.3, -0.25) is 0 Å². The van der Waals surface area contributed by atoms with Crippen molar-refractivity contribution in [2.24, 2.45) is 0 Å². The number of aromatic hydroxyl groups is 2. The van der Waals surface area contributed by atoms with Crippen LogP contribution in [-0.4, -0.2) is 31.4 Å². The van der Waals surface area contributed by atoms with Crippen molar-refractivity contribution in [3.05, 3.63) is 23.3 Å². The van der Waals surface area contributed by atoms with Crippen molar-refractivity contribution in [2.45, 2.75) is 13.3 Å². The molecule has 1 aromatic rings. The quantitative estimate of drug-likeness (QED) is 0.674. The fourth-order valence-electron chi connectivity index (χ4n) is 1.36. The Morgan fingerprint density at radius 1 is 1.25 bits per heavy atom. The van der Waals surface area contributed by atoms with Gasteiger partial charge in [0.1, 0.15) is 0 Å². The fraction of sp³-hybridized carbons (Fsp3) is 0.400. The van der Waals surface area contributed by atoms with Crippen LogP contribution in [-0.2, 0) is 16.4 Å². The van der Waals surface area contributed by atoms with Crippen LogP contribution in [0.3, 0.4) is 0 Å². The summed E-state index contributed by atoms with van der Waals surface area (Å²) in [6.07, 6.45) is 1.56. The van der Waals surface area contributed by atoms with Crippen LogP contribution in [0.2, 0.25) is 0 Å². The summed E-state index contributed by atoms with van der Waals surface area (Å²) in [6, 6.07) is 2.89. The lowest BCUT2D eigenvalue weighted by molar-refractivity contribution is 0.402. The van der Waals surface area contributed by atoms with Crippen LogP contribution in [0.15, 0.2) is 12.1 Å². The second-order valence-corrected chi connectivity index (χ2v) is 5.52. The normalized spacial score (nSPS) is 11.6. The molecule has 0 saturated carbocycles. The van der Waals surface area contributed by atoms with Crippen molar-refractivity contribution in [1.82, 2.24) is 4.72 Å². The van der Waals surface area contributed by atoms with E-state index in [0.29, 0.717) is 6.42 Å². The highest BCUT2D eigenvalue weighted by Crippen LogP contribution is 2.27. The number of phenols is 2. The molecule has 5 nitrogen and oxygen atoms in total. The number of sulfonamides is 1. The summed E-state index contributed by atoms with van der Waals surface area (Å²) in [6.45, 7) is 2.05. The highest BCUT2D eigenvalue weighted by atomic mass is 32.2. The van der Waals surface area contributed by atoms with Crippen LogP contribution in [0, 0.1) is 6.92 Å². The summed E-state index contributed by atoms with van der Waals surface area (Å²) in [5, 5.41) is 18.5. The van der Waals surface area contributed by atoms with Crippen molar-refractivity contribution in [2.75, 3.05) is 12.8 Å². The van der Waals surface area contributed by atoms with Gasteiger partial charge in [0.05, 0.1) is 6.26 Å². The summed E-state index contributed by atoms with van der Waals surface area (Å²) in [4.78, 5) is 0. The van der Waals surface area contributed by atoms with Crippen molar-refractivity contribution >= 4 is 10.0 Å². The number of aryl methyl sites for hydroxylation is 1. The minimum atomic E-state index is -3.19. The van der Waals surface area contributed by atoms with Crippen molar-refractivity contribution < 1.29 is 18.6 Å². The molecule has 0 atom stereocenters. The van der Waals surface area contributed by atoms with E-state index in [2.05, 4.69) is 4.72 Å². The molecule has 90 valence electrons. The molecule has 1 aromatic carbocycles. The summed E-state index contributed by atoms with van der Waals surface area (Å²) in [5.41, 5.74) is 1.61.